The van der Waals surface area contributed by atoms with Crippen LogP contribution in [0.25, 0.3) is 0 Å². The van der Waals surface area contributed by atoms with Crippen molar-refractivity contribution in [3.63, 3.8) is 0 Å². The first kappa shape index (κ1) is 13.2. The van der Waals surface area contributed by atoms with E-state index in [1.54, 1.807) is 24.3 Å². The van der Waals surface area contributed by atoms with Gasteiger partial charge in [-0.2, -0.15) is 0 Å². The van der Waals surface area contributed by atoms with Gasteiger partial charge < -0.3 is 9.84 Å². The topological polar surface area (TPSA) is 63.6 Å². The van der Waals surface area contributed by atoms with Crippen molar-refractivity contribution in [1.82, 2.24) is 0 Å². The van der Waals surface area contributed by atoms with Crippen molar-refractivity contribution in [1.29, 1.82) is 0 Å². The molecular weight excluding hydrogens is 220 g/mol. The first-order valence-corrected chi connectivity index (χ1v) is 5.53. The van der Waals surface area contributed by atoms with Crippen molar-refractivity contribution < 1.29 is 19.4 Å². The van der Waals surface area contributed by atoms with Gasteiger partial charge in [0.25, 0.3) is 0 Å². The largest absolute Gasteiger partial charge is 0.481 e. The van der Waals surface area contributed by atoms with Gasteiger partial charge in [0.15, 0.2) is 0 Å². The predicted octanol–water partition coefficient (Wildman–Crippen LogP) is 2.27. The molecule has 0 aliphatic carbocycles. The van der Waals surface area contributed by atoms with E-state index in [1.165, 1.54) is 6.92 Å². The molecule has 0 heterocycles. The third-order valence-corrected chi connectivity index (χ3v) is 2.51. The fourth-order valence-electron chi connectivity index (χ4n) is 1.55. The summed E-state index contributed by atoms with van der Waals surface area (Å²) >= 11 is 0. The highest BCUT2D eigenvalue weighted by Gasteiger charge is 2.15. The lowest BCUT2D eigenvalue weighted by Gasteiger charge is -2.09. The van der Waals surface area contributed by atoms with E-state index in [-0.39, 0.29) is 11.9 Å². The molecule has 0 aliphatic rings. The Bertz CT molecular complexity index is 394. The average molecular weight is 236 g/mol. The van der Waals surface area contributed by atoms with E-state index < -0.39 is 5.97 Å². The van der Waals surface area contributed by atoms with Gasteiger partial charge in [-0.05, 0) is 30.5 Å². The van der Waals surface area contributed by atoms with Crippen LogP contribution in [-0.4, -0.2) is 17.0 Å². The van der Waals surface area contributed by atoms with Crippen LogP contribution in [0.2, 0.25) is 0 Å². The lowest BCUT2D eigenvalue weighted by atomic mass is 9.97. The highest BCUT2D eigenvalue weighted by atomic mass is 16.5. The minimum Gasteiger partial charge on any atom is -0.481 e. The molecule has 4 heteroatoms. The molecule has 1 unspecified atom stereocenters. The highest BCUT2D eigenvalue weighted by molar-refractivity contribution is 5.70. The summed E-state index contributed by atoms with van der Waals surface area (Å²) in [5.41, 5.74) is 0.926. The van der Waals surface area contributed by atoms with Gasteiger partial charge >= 0.3 is 11.9 Å². The number of rotatable bonds is 5. The second kappa shape index (κ2) is 6.03. The van der Waals surface area contributed by atoms with Crippen LogP contribution in [0.5, 0.6) is 5.75 Å². The molecule has 0 radical (unpaired) electrons. The number of carboxylic acids is 1. The molecule has 0 bridgehead atoms. The van der Waals surface area contributed by atoms with Gasteiger partial charge in [0.2, 0.25) is 0 Å². The molecule has 1 aromatic carbocycles. The van der Waals surface area contributed by atoms with Crippen LogP contribution in [0.15, 0.2) is 24.3 Å². The van der Waals surface area contributed by atoms with Gasteiger partial charge in [0.05, 0.1) is 5.92 Å². The van der Waals surface area contributed by atoms with Gasteiger partial charge in [-0.15, -0.1) is 0 Å². The second-order valence-corrected chi connectivity index (χ2v) is 3.89. The Labute approximate surface area is 100 Å². The van der Waals surface area contributed by atoms with Crippen LogP contribution in [0, 0.1) is 5.92 Å². The summed E-state index contributed by atoms with van der Waals surface area (Å²) < 4.78 is 4.89. The van der Waals surface area contributed by atoms with Crippen LogP contribution >= 0.6 is 0 Å². The molecule has 17 heavy (non-hydrogen) atoms. The number of benzene rings is 1. The molecule has 0 aromatic heterocycles. The third-order valence-electron chi connectivity index (χ3n) is 2.51. The number of carbonyl (C=O) groups excluding carboxylic acids is 1. The number of carbonyl (C=O) groups is 2. The van der Waals surface area contributed by atoms with Crippen molar-refractivity contribution in [3.05, 3.63) is 29.8 Å². The van der Waals surface area contributed by atoms with Crippen molar-refractivity contribution in [2.75, 3.05) is 0 Å². The third kappa shape index (κ3) is 4.26. The summed E-state index contributed by atoms with van der Waals surface area (Å²) in [6.07, 6.45) is 1.09. The summed E-state index contributed by atoms with van der Waals surface area (Å²) in [6, 6.07) is 6.91. The van der Waals surface area contributed by atoms with Crippen molar-refractivity contribution in [2.24, 2.45) is 5.92 Å². The number of ether oxygens (including phenoxy) is 1. The van der Waals surface area contributed by atoms with Crippen LogP contribution in [0.4, 0.5) is 0 Å². The zero-order valence-electron chi connectivity index (χ0n) is 9.97. The summed E-state index contributed by atoms with van der Waals surface area (Å²) in [5.74, 6) is -1.04. The van der Waals surface area contributed by atoms with E-state index >= 15 is 0 Å². The van der Waals surface area contributed by atoms with Gasteiger partial charge in [-0.3, -0.25) is 9.59 Å². The van der Waals surface area contributed by atoms with E-state index in [2.05, 4.69) is 0 Å². The molecule has 0 spiro atoms. The quantitative estimate of drug-likeness (QED) is 0.629. The van der Waals surface area contributed by atoms with Crippen molar-refractivity contribution in [2.45, 2.75) is 26.7 Å². The molecular formula is C13H16O4. The fourth-order valence-corrected chi connectivity index (χ4v) is 1.55. The molecule has 4 nitrogen and oxygen atoms in total. The second-order valence-electron chi connectivity index (χ2n) is 3.89. The van der Waals surface area contributed by atoms with Crippen LogP contribution in [0.3, 0.4) is 0 Å². The van der Waals surface area contributed by atoms with E-state index in [1.807, 2.05) is 6.92 Å². The zero-order chi connectivity index (χ0) is 12.8. The molecule has 1 N–H and O–H groups in total. The van der Waals surface area contributed by atoms with Gasteiger partial charge in [-0.1, -0.05) is 19.1 Å². The zero-order valence-corrected chi connectivity index (χ0v) is 9.97. The number of hydrogen-bond donors (Lipinski definition) is 1. The molecule has 1 rings (SSSR count). The number of esters is 1. The van der Waals surface area contributed by atoms with Crippen molar-refractivity contribution >= 4 is 11.9 Å². The normalized spacial score (nSPS) is 11.9. The summed E-state index contributed by atoms with van der Waals surface area (Å²) in [6.45, 7) is 3.19. The SMILES string of the molecule is CCC(Cc1ccc(OC(C)=O)cc1)C(=O)O. The molecule has 92 valence electrons. The molecule has 0 fully saturated rings. The van der Waals surface area contributed by atoms with Gasteiger partial charge in [0.1, 0.15) is 5.75 Å². The molecule has 0 amide bonds. The van der Waals surface area contributed by atoms with E-state index in [0.717, 1.165) is 5.56 Å². The maximum Gasteiger partial charge on any atom is 0.308 e. The van der Waals surface area contributed by atoms with E-state index in [9.17, 15) is 9.59 Å². The Hall–Kier alpha value is -1.84. The molecule has 1 atom stereocenters. The van der Waals surface area contributed by atoms with E-state index in [4.69, 9.17) is 9.84 Å². The van der Waals surface area contributed by atoms with Gasteiger partial charge in [0, 0.05) is 6.92 Å². The smallest absolute Gasteiger partial charge is 0.308 e. The molecule has 0 saturated carbocycles. The Balaban J connectivity index is 2.67. The van der Waals surface area contributed by atoms with Crippen LogP contribution in [-0.2, 0) is 16.0 Å². The maximum absolute atomic E-state index is 10.9. The minimum absolute atomic E-state index is 0.366. The minimum atomic E-state index is -0.781. The monoisotopic (exact) mass is 236 g/mol. The summed E-state index contributed by atoms with van der Waals surface area (Å²) in [4.78, 5) is 21.6. The first-order chi connectivity index (χ1) is 8.02. The van der Waals surface area contributed by atoms with Gasteiger partial charge in [-0.25, -0.2) is 0 Å². The highest BCUT2D eigenvalue weighted by Crippen LogP contribution is 2.17. The molecule has 0 saturated heterocycles. The Morgan fingerprint density at radius 1 is 1.29 bits per heavy atom. The number of carboxylic acid groups (broad SMARTS) is 1. The van der Waals surface area contributed by atoms with Crippen LogP contribution < -0.4 is 4.74 Å². The Morgan fingerprint density at radius 2 is 1.88 bits per heavy atom. The fraction of sp³-hybridized carbons (Fsp3) is 0.385. The average Bonchev–Trinajstić information content (AvgIpc) is 2.26. The first-order valence-electron chi connectivity index (χ1n) is 5.53. The number of aliphatic carboxylic acids is 1. The lowest BCUT2D eigenvalue weighted by Crippen LogP contribution is -2.15. The van der Waals surface area contributed by atoms with Crippen LogP contribution in [0.1, 0.15) is 25.8 Å². The Morgan fingerprint density at radius 3 is 2.29 bits per heavy atom. The summed E-state index contributed by atoms with van der Waals surface area (Å²) in [7, 11) is 0. The standard InChI is InChI=1S/C13H16O4/c1-3-11(13(15)16)8-10-4-6-12(7-5-10)17-9(2)14/h4-7,11H,3,8H2,1-2H3,(H,15,16). The predicted molar refractivity (Wildman–Crippen MR) is 62.9 cm³/mol. The number of hydrogen-bond acceptors (Lipinski definition) is 3. The molecule has 0 aliphatic heterocycles. The van der Waals surface area contributed by atoms with Crippen molar-refractivity contribution in [3.8, 4) is 5.75 Å². The summed E-state index contributed by atoms with van der Waals surface area (Å²) in [5, 5.41) is 8.94. The molecule has 1 aromatic rings. The van der Waals surface area contributed by atoms with E-state index in [0.29, 0.717) is 18.6 Å². The lowest BCUT2D eigenvalue weighted by molar-refractivity contribution is -0.141. The Kier molecular flexibility index (Phi) is 4.69. The maximum atomic E-state index is 10.9.